The Bertz CT molecular complexity index is 591. The van der Waals surface area contributed by atoms with Crippen LogP contribution in [0.3, 0.4) is 0 Å². The van der Waals surface area contributed by atoms with Gasteiger partial charge in [0.15, 0.2) is 0 Å². The monoisotopic (exact) mass is 214 g/mol. The first-order valence-electron chi connectivity index (χ1n) is 4.72. The largest absolute Gasteiger partial charge is 0.366 e. The number of carbonyl (C=O) groups excluding carboxylic acids is 2. The molecule has 0 heterocycles. The number of fused-ring (bicyclic) bond motifs is 1. The van der Waals surface area contributed by atoms with Gasteiger partial charge in [-0.3, -0.25) is 9.59 Å². The molecule has 2 rings (SSSR count). The van der Waals surface area contributed by atoms with E-state index in [1.165, 1.54) is 6.07 Å². The average Bonchev–Trinajstić information content (AvgIpc) is 2.27. The molecule has 2 amide bonds. The third-order valence-electron chi connectivity index (χ3n) is 2.44. The van der Waals surface area contributed by atoms with E-state index in [0.29, 0.717) is 5.39 Å². The lowest BCUT2D eigenvalue weighted by molar-refractivity contribution is 0.0968. The van der Waals surface area contributed by atoms with Gasteiger partial charge in [-0.1, -0.05) is 30.3 Å². The predicted molar refractivity (Wildman–Crippen MR) is 61.0 cm³/mol. The van der Waals surface area contributed by atoms with Crippen molar-refractivity contribution < 1.29 is 9.59 Å². The van der Waals surface area contributed by atoms with E-state index in [0.717, 1.165) is 5.39 Å². The van der Waals surface area contributed by atoms with Gasteiger partial charge < -0.3 is 11.5 Å². The fourth-order valence-electron chi connectivity index (χ4n) is 1.74. The molecule has 0 fully saturated rings. The minimum absolute atomic E-state index is 0.159. The number of benzene rings is 2. The van der Waals surface area contributed by atoms with Crippen molar-refractivity contribution in [2.45, 2.75) is 0 Å². The second-order valence-corrected chi connectivity index (χ2v) is 3.44. The zero-order valence-electron chi connectivity index (χ0n) is 8.44. The maximum Gasteiger partial charge on any atom is 0.250 e. The topological polar surface area (TPSA) is 86.2 Å². The van der Waals surface area contributed by atoms with Gasteiger partial charge in [-0.05, 0) is 16.8 Å². The lowest BCUT2D eigenvalue weighted by atomic mass is 9.98. The Morgan fingerprint density at radius 1 is 0.875 bits per heavy atom. The highest BCUT2D eigenvalue weighted by atomic mass is 16.2. The summed E-state index contributed by atoms with van der Waals surface area (Å²) in [6.07, 6.45) is 0. The Morgan fingerprint density at radius 3 is 2.19 bits per heavy atom. The molecule has 16 heavy (non-hydrogen) atoms. The molecule has 2 aromatic rings. The molecule has 0 spiro atoms. The second kappa shape index (κ2) is 3.66. The van der Waals surface area contributed by atoms with Crippen molar-refractivity contribution in [2.24, 2.45) is 11.5 Å². The van der Waals surface area contributed by atoms with Crippen molar-refractivity contribution in [2.75, 3.05) is 0 Å². The number of carbonyl (C=O) groups is 2. The van der Waals surface area contributed by atoms with Crippen molar-refractivity contribution in [1.82, 2.24) is 0 Å². The van der Waals surface area contributed by atoms with Crippen LogP contribution in [0.2, 0.25) is 0 Å². The number of hydrogen-bond donors (Lipinski definition) is 2. The summed E-state index contributed by atoms with van der Waals surface area (Å²) in [7, 11) is 0. The average molecular weight is 214 g/mol. The third-order valence-corrected chi connectivity index (χ3v) is 2.44. The second-order valence-electron chi connectivity index (χ2n) is 3.44. The van der Waals surface area contributed by atoms with Crippen LogP contribution in [0.5, 0.6) is 0 Å². The van der Waals surface area contributed by atoms with Crippen LogP contribution in [0.15, 0.2) is 36.4 Å². The smallest absolute Gasteiger partial charge is 0.250 e. The van der Waals surface area contributed by atoms with Crippen molar-refractivity contribution >= 4 is 22.6 Å². The molecule has 0 unspecified atom stereocenters. The number of primary amides is 2. The van der Waals surface area contributed by atoms with E-state index in [-0.39, 0.29) is 11.1 Å². The fraction of sp³-hybridized carbons (Fsp3) is 0. The van der Waals surface area contributed by atoms with Crippen LogP contribution in [-0.4, -0.2) is 11.8 Å². The summed E-state index contributed by atoms with van der Waals surface area (Å²) in [6, 6.07) is 10.5. The minimum atomic E-state index is -0.653. The molecule has 0 aliphatic rings. The molecular weight excluding hydrogens is 204 g/mol. The van der Waals surface area contributed by atoms with Gasteiger partial charge in [-0.2, -0.15) is 0 Å². The zero-order valence-corrected chi connectivity index (χ0v) is 8.44. The molecular formula is C12H10N2O2. The van der Waals surface area contributed by atoms with Crippen molar-refractivity contribution in [3.63, 3.8) is 0 Å². The van der Waals surface area contributed by atoms with E-state index < -0.39 is 11.8 Å². The van der Waals surface area contributed by atoms with Crippen LogP contribution in [0.4, 0.5) is 0 Å². The third kappa shape index (κ3) is 1.50. The van der Waals surface area contributed by atoms with Gasteiger partial charge in [0.1, 0.15) is 0 Å². The SMILES string of the molecule is NC(=O)c1ccc2ccccc2c1C(N)=O. The summed E-state index contributed by atoms with van der Waals surface area (Å²) in [6.45, 7) is 0. The molecule has 4 heteroatoms. The Labute approximate surface area is 91.8 Å². The maximum absolute atomic E-state index is 11.4. The molecule has 2 aromatic carbocycles. The fourth-order valence-corrected chi connectivity index (χ4v) is 1.74. The molecule has 0 aromatic heterocycles. The number of nitrogens with two attached hydrogens (primary N) is 2. The van der Waals surface area contributed by atoms with Crippen molar-refractivity contribution in [3.8, 4) is 0 Å². The summed E-state index contributed by atoms with van der Waals surface area (Å²) in [5.41, 5.74) is 10.8. The Kier molecular flexibility index (Phi) is 2.32. The highest BCUT2D eigenvalue weighted by Gasteiger charge is 2.15. The minimum Gasteiger partial charge on any atom is -0.366 e. The van der Waals surface area contributed by atoms with Gasteiger partial charge in [0.05, 0.1) is 11.1 Å². The highest BCUT2D eigenvalue weighted by molar-refractivity contribution is 6.14. The first kappa shape index (κ1) is 10.2. The summed E-state index contributed by atoms with van der Waals surface area (Å²) < 4.78 is 0. The van der Waals surface area contributed by atoms with Gasteiger partial charge in [0.25, 0.3) is 0 Å². The summed E-state index contributed by atoms with van der Waals surface area (Å²) in [5, 5.41) is 1.49. The van der Waals surface area contributed by atoms with Crippen LogP contribution in [0.25, 0.3) is 10.8 Å². The Morgan fingerprint density at radius 2 is 1.56 bits per heavy atom. The van der Waals surface area contributed by atoms with Crippen LogP contribution in [0, 0.1) is 0 Å². The van der Waals surface area contributed by atoms with Gasteiger partial charge in [0.2, 0.25) is 11.8 Å². The molecule has 80 valence electrons. The van der Waals surface area contributed by atoms with Crippen molar-refractivity contribution in [1.29, 1.82) is 0 Å². The van der Waals surface area contributed by atoms with Crippen LogP contribution >= 0.6 is 0 Å². The van der Waals surface area contributed by atoms with E-state index in [1.807, 2.05) is 12.1 Å². The first-order chi connectivity index (χ1) is 7.61. The number of hydrogen-bond acceptors (Lipinski definition) is 2. The van der Waals surface area contributed by atoms with Gasteiger partial charge >= 0.3 is 0 Å². The summed E-state index contributed by atoms with van der Waals surface area (Å²) >= 11 is 0. The first-order valence-corrected chi connectivity index (χ1v) is 4.72. The molecule has 0 saturated heterocycles. The lowest BCUT2D eigenvalue weighted by Gasteiger charge is -2.07. The molecule has 0 atom stereocenters. The van der Waals surface area contributed by atoms with Crippen molar-refractivity contribution in [3.05, 3.63) is 47.5 Å². The van der Waals surface area contributed by atoms with Crippen LogP contribution in [-0.2, 0) is 0 Å². The van der Waals surface area contributed by atoms with E-state index in [2.05, 4.69) is 0 Å². The molecule has 4 nitrogen and oxygen atoms in total. The summed E-state index contributed by atoms with van der Waals surface area (Å²) in [5.74, 6) is -1.30. The lowest BCUT2D eigenvalue weighted by Crippen LogP contribution is -2.20. The maximum atomic E-state index is 11.4. The Balaban J connectivity index is 2.90. The van der Waals surface area contributed by atoms with Crippen LogP contribution < -0.4 is 11.5 Å². The quantitative estimate of drug-likeness (QED) is 0.782. The summed E-state index contributed by atoms with van der Waals surface area (Å²) in [4.78, 5) is 22.5. The molecule has 0 bridgehead atoms. The predicted octanol–water partition coefficient (Wildman–Crippen LogP) is 1.04. The molecule has 0 radical (unpaired) electrons. The standard InChI is InChI=1S/C12H10N2O2/c13-11(15)9-6-5-7-3-1-2-4-8(7)10(9)12(14)16/h1-6H,(H2,13,15)(H2,14,16). The molecule has 4 N–H and O–H groups in total. The Hall–Kier alpha value is -2.36. The van der Waals surface area contributed by atoms with Gasteiger partial charge in [-0.15, -0.1) is 0 Å². The molecule has 0 aliphatic heterocycles. The zero-order chi connectivity index (χ0) is 11.7. The normalized spacial score (nSPS) is 10.2. The van der Waals surface area contributed by atoms with Gasteiger partial charge in [-0.25, -0.2) is 0 Å². The van der Waals surface area contributed by atoms with Crippen LogP contribution in [0.1, 0.15) is 20.7 Å². The van der Waals surface area contributed by atoms with E-state index >= 15 is 0 Å². The highest BCUT2D eigenvalue weighted by Crippen LogP contribution is 2.21. The number of amides is 2. The van der Waals surface area contributed by atoms with Gasteiger partial charge in [0, 0.05) is 0 Å². The van der Waals surface area contributed by atoms with E-state index in [1.54, 1.807) is 18.2 Å². The molecule has 0 saturated carbocycles. The number of rotatable bonds is 2. The van der Waals surface area contributed by atoms with E-state index in [9.17, 15) is 9.59 Å². The molecule has 0 aliphatic carbocycles. The van der Waals surface area contributed by atoms with E-state index in [4.69, 9.17) is 11.5 Å².